The predicted octanol–water partition coefficient (Wildman–Crippen LogP) is 7.06. The molecular weight excluding hydrogens is 492 g/mol. The first kappa shape index (κ1) is 25.6. The van der Waals surface area contributed by atoms with E-state index in [2.05, 4.69) is 51.5 Å². The molecule has 38 heavy (non-hydrogen) atoms. The third-order valence-electron chi connectivity index (χ3n) is 8.67. The van der Waals surface area contributed by atoms with Crippen LogP contribution in [-0.2, 0) is 9.53 Å². The van der Waals surface area contributed by atoms with Crippen molar-refractivity contribution in [2.75, 3.05) is 18.0 Å². The lowest BCUT2D eigenvalue weighted by Crippen LogP contribution is -2.39. The fourth-order valence-corrected chi connectivity index (χ4v) is 7.28. The summed E-state index contributed by atoms with van der Waals surface area (Å²) in [5.41, 5.74) is 3.38. The molecule has 0 N–H and O–H groups in total. The number of aldehydes is 1. The third kappa shape index (κ3) is 5.99. The first-order valence-electron chi connectivity index (χ1n) is 14.5. The molecule has 3 aliphatic rings. The van der Waals surface area contributed by atoms with Crippen molar-refractivity contribution in [2.45, 2.75) is 88.8 Å². The highest BCUT2D eigenvalue weighted by Gasteiger charge is 2.26. The van der Waals surface area contributed by atoms with Gasteiger partial charge in [-0.05, 0) is 69.1 Å². The van der Waals surface area contributed by atoms with Crippen LogP contribution in [0.25, 0.3) is 21.7 Å². The molecule has 0 atom stereocenters. The number of carbonyl (C=O) groups excluding carboxylic acids is 1. The van der Waals surface area contributed by atoms with E-state index in [1.165, 1.54) is 32.1 Å². The Morgan fingerprint density at radius 2 is 1.45 bits per heavy atom. The van der Waals surface area contributed by atoms with Gasteiger partial charge in [0, 0.05) is 42.2 Å². The highest BCUT2D eigenvalue weighted by atomic mass is 32.1. The van der Waals surface area contributed by atoms with Crippen LogP contribution in [0.5, 0.6) is 0 Å². The van der Waals surface area contributed by atoms with Gasteiger partial charge >= 0.3 is 0 Å². The summed E-state index contributed by atoms with van der Waals surface area (Å²) in [6, 6.07) is 12.9. The number of hydrogen-bond donors (Lipinski definition) is 0. The van der Waals surface area contributed by atoms with Gasteiger partial charge in [-0.3, -0.25) is 0 Å². The van der Waals surface area contributed by atoms with Gasteiger partial charge in [-0.2, -0.15) is 0 Å². The van der Waals surface area contributed by atoms with Gasteiger partial charge in [-0.1, -0.05) is 54.9 Å². The summed E-state index contributed by atoms with van der Waals surface area (Å²) in [4.78, 5) is 18.2. The molecule has 1 aromatic carbocycles. The van der Waals surface area contributed by atoms with Crippen LogP contribution in [0.3, 0.4) is 0 Å². The molecule has 0 amide bonds. The Morgan fingerprint density at radius 1 is 0.763 bits per heavy atom. The number of rotatable bonds is 7. The summed E-state index contributed by atoms with van der Waals surface area (Å²) in [5.74, 6) is 1.73. The zero-order valence-corrected chi connectivity index (χ0v) is 23.0. The molecule has 0 spiro atoms. The Bertz CT molecular complexity index is 1170. The normalized spacial score (nSPS) is 23.4. The number of anilines is 1. The first-order valence-corrected chi connectivity index (χ1v) is 15.3. The van der Waals surface area contributed by atoms with E-state index < -0.39 is 0 Å². The van der Waals surface area contributed by atoms with E-state index in [1.54, 1.807) is 11.3 Å². The molecule has 6 nitrogen and oxygen atoms in total. The number of nitrogens with zero attached hydrogens (tertiary/aromatic N) is 4. The van der Waals surface area contributed by atoms with Gasteiger partial charge in [0.05, 0.1) is 12.2 Å². The minimum atomic E-state index is 0.229. The fraction of sp³-hybridized carbons (Fsp3) is 0.548. The molecule has 1 saturated heterocycles. The van der Waals surface area contributed by atoms with Gasteiger partial charge < -0.3 is 14.4 Å². The van der Waals surface area contributed by atoms with Crippen molar-refractivity contribution < 1.29 is 9.53 Å². The van der Waals surface area contributed by atoms with Crippen LogP contribution >= 0.6 is 11.3 Å². The molecule has 3 heterocycles. The van der Waals surface area contributed by atoms with Crippen LogP contribution in [0.1, 0.15) is 81.6 Å². The number of hydrogen-bond acceptors (Lipinski definition) is 7. The molecule has 2 aliphatic carbocycles. The molecule has 2 aromatic heterocycles. The maximum Gasteiger partial charge on any atom is 0.147 e. The molecule has 3 fully saturated rings. The van der Waals surface area contributed by atoms with Crippen molar-refractivity contribution in [1.29, 1.82) is 0 Å². The topological polar surface area (TPSA) is 68.2 Å². The molecule has 7 heteroatoms. The van der Waals surface area contributed by atoms with E-state index in [4.69, 9.17) is 9.72 Å². The lowest BCUT2D eigenvalue weighted by atomic mass is 9.83. The summed E-state index contributed by atoms with van der Waals surface area (Å²) in [6.45, 7) is 2.03. The van der Waals surface area contributed by atoms with Crippen LogP contribution in [0.15, 0.2) is 42.6 Å². The molecule has 2 saturated carbocycles. The lowest BCUT2D eigenvalue weighted by molar-refractivity contribution is -0.111. The van der Waals surface area contributed by atoms with Crippen LogP contribution in [0, 0.1) is 5.92 Å². The van der Waals surface area contributed by atoms with E-state index >= 15 is 0 Å². The smallest absolute Gasteiger partial charge is 0.147 e. The molecule has 200 valence electrons. The number of benzene rings is 1. The molecule has 1 aliphatic heterocycles. The van der Waals surface area contributed by atoms with Crippen molar-refractivity contribution >= 4 is 23.4 Å². The number of carbonyl (C=O) groups is 1. The Morgan fingerprint density at radius 3 is 2.13 bits per heavy atom. The monoisotopic (exact) mass is 530 g/mol. The van der Waals surface area contributed by atoms with Crippen LogP contribution in [-0.4, -0.2) is 46.8 Å². The molecule has 6 rings (SSSR count). The summed E-state index contributed by atoms with van der Waals surface area (Å²) >= 11 is 1.69. The van der Waals surface area contributed by atoms with Crippen molar-refractivity contribution in [3.63, 3.8) is 0 Å². The predicted molar refractivity (Wildman–Crippen MR) is 153 cm³/mol. The number of ether oxygens (including phenoxy) is 1. The molecular formula is C31H38N4O2S. The average molecular weight is 531 g/mol. The summed E-state index contributed by atoms with van der Waals surface area (Å²) < 4.78 is 6.41. The van der Waals surface area contributed by atoms with Gasteiger partial charge in [0.2, 0.25) is 0 Å². The Labute approximate surface area is 229 Å². The Balaban J connectivity index is 1.03. The highest BCUT2D eigenvalue weighted by Crippen LogP contribution is 2.38. The molecule has 0 radical (unpaired) electrons. The van der Waals surface area contributed by atoms with E-state index in [1.807, 2.05) is 6.20 Å². The number of piperidine rings is 1. The van der Waals surface area contributed by atoms with E-state index in [0.29, 0.717) is 18.1 Å². The van der Waals surface area contributed by atoms with Crippen molar-refractivity contribution in [2.24, 2.45) is 5.92 Å². The van der Waals surface area contributed by atoms with Crippen molar-refractivity contribution in [3.05, 3.63) is 47.6 Å². The third-order valence-corrected chi connectivity index (χ3v) is 9.81. The average Bonchev–Trinajstić information content (AvgIpc) is 3.49. The van der Waals surface area contributed by atoms with E-state index in [-0.39, 0.29) is 5.92 Å². The second-order valence-corrected chi connectivity index (χ2v) is 12.3. The zero-order valence-electron chi connectivity index (χ0n) is 22.1. The largest absolute Gasteiger partial charge is 0.375 e. The fourth-order valence-electron chi connectivity index (χ4n) is 6.26. The zero-order chi connectivity index (χ0) is 25.7. The molecule has 3 aromatic rings. The maximum atomic E-state index is 11.0. The highest BCUT2D eigenvalue weighted by molar-refractivity contribution is 7.14. The Kier molecular flexibility index (Phi) is 8.12. The van der Waals surface area contributed by atoms with Crippen LogP contribution in [0.4, 0.5) is 5.82 Å². The minimum Gasteiger partial charge on any atom is -0.375 e. The van der Waals surface area contributed by atoms with E-state index in [9.17, 15) is 4.79 Å². The number of aromatic nitrogens is 3. The van der Waals surface area contributed by atoms with Crippen LogP contribution in [0.2, 0.25) is 0 Å². The quantitative estimate of drug-likeness (QED) is 0.305. The minimum absolute atomic E-state index is 0.229. The summed E-state index contributed by atoms with van der Waals surface area (Å²) in [5, 5.41) is 11.0. The Hall–Kier alpha value is -2.64. The lowest BCUT2D eigenvalue weighted by Gasteiger charge is -2.35. The second-order valence-electron chi connectivity index (χ2n) is 11.3. The van der Waals surface area contributed by atoms with Crippen LogP contribution < -0.4 is 4.90 Å². The first-order chi connectivity index (χ1) is 18.7. The summed E-state index contributed by atoms with van der Waals surface area (Å²) in [6.07, 6.45) is 16.7. The number of pyridine rings is 1. The molecule has 0 unspecified atom stereocenters. The van der Waals surface area contributed by atoms with Gasteiger partial charge in [0.1, 0.15) is 22.1 Å². The maximum absolute atomic E-state index is 11.0. The van der Waals surface area contributed by atoms with Gasteiger partial charge in [0.15, 0.2) is 0 Å². The second kappa shape index (κ2) is 12.0. The van der Waals surface area contributed by atoms with Gasteiger partial charge in [-0.15, -0.1) is 10.2 Å². The van der Waals surface area contributed by atoms with Crippen molar-refractivity contribution in [1.82, 2.24) is 15.2 Å². The van der Waals surface area contributed by atoms with Crippen molar-refractivity contribution in [3.8, 4) is 21.7 Å². The van der Waals surface area contributed by atoms with Gasteiger partial charge in [0.25, 0.3) is 0 Å². The SMILES string of the molecule is O=CC1CCC(c2nnc(-c3ccc(-c4ccc(N5CCC(OC6CCCCC6)CC5)nc4)cc3)s2)CC1. The van der Waals surface area contributed by atoms with Gasteiger partial charge in [-0.25, -0.2) is 4.98 Å². The standard InChI is InChI=1S/C31H38N4O2S/c36-21-22-6-8-24(9-7-22)30-33-34-31(38-30)25-12-10-23(11-13-25)26-14-15-29(32-20-26)35-18-16-28(17-19-35)37-27-4-2-1-3-5-27/h10-15,20-22,24,27-28H,1-9,16-19H2. The van der Waals surface area contributed by atoms with E-state index in [0.717, 1.165) is 90.4 Å². The summed E-state index contributed by atoms with van der Waals surface area (Å²) in [7, 11) is 0. The molecule has 0 bridgehead atoms.